The van der Waals surface area contributed by atoms with Gasteiger partial charge in [0, 0.05) is 50.1 Å². The van der Waals surface area contributed by atoms with Crippen molar-refractivity contribution in [1.29, 1.82) is 0 Å². The maximum atomic E-state index is 12.5. The van der Waals surface area contributed by atoms with Crippen molar-refractivity contribution in [3.05, 3.63) is 47.5 Å². The van der Waals surface area contributed by atoms with E-state index in [-0.39, 0.29) is 17.9 Å². The first-order valence-corrected chi connectivity index (χ1v) is 11.2. The highest BCUT2D eigenvalue weighted by atomic mass is 32.1. The fraction of sp³-hybridized carbons (Fsp3) is 0.318. The number of hydrogen-bond acceptors (Lipinski definition) is 8. The number of thiazole rings is 1. The summed E-state index contributed by atoms with van der Waals surface area (Å²) in [7, 11) is 1.70. The molecule has 9 nitrogen and oxygen atoms in total. The van der Waals surface area contributed by atoms with Gasteiger partial charge in [-0.25, -0.2) is 15.0 Å². The summed E-state index contributed by atoms with van der Waals surface area (Å²) in [6.45, 7) is 1.07. The Hall–Kier alpha value is -3.37. The summed E-state index contributed by atoms with van der Waals surface area (Å²) in [4.78, 5) is 38.9. The third-order valence-electron chi connectivity index (χ3n) is 5.83. The summed E-state index contributed by atoms with van der Waals surface area (Å²) in [5.41, 5.74) is 1.29. The SMILES string of the molecule is CN1CC[C@@](O)(c2cccc(-c3nc(-c4ccnc(N[C@@H]5CNC(=O)C5)n4)cs3)c2)C1=O. The number of aromatic nitrogens is 3. The van der Waals surface area contributed by atoms with Gasteiger partial charge < -0.3 is 20.6 Å². The standard InChI is InChI=1S/C22H22N6O3S/c1-28-8-6-22(31,20(28)30)14-4-2-3-13(9-14)19-26-17(12-32-19)16-5-7-23-21(27-16)25-15-10-18(29)24-11-15/h2-5,7,9,12,15,31H,6,8,10-11H2,1H3,(H,24,29)(H,23,25,27)/t15-,22+/m0/s1. The molecule has 164 valence electrons. The topological polar surface area (TPSA) is 120 Å². The number of carbonyl (C=O) groups excluding carboxylic acids is 2. The zero-order valence-corrected chi connectivity index (χ0v) is 18.2. The second-order valence-corrected chi connectivity index (χ2v) is 8.93. The fourth-order valence-corrected chi connectivity index (χ4v) is 4.83. The van der Waals surface area contributed by atoms with Crippen LogP contribution in [0.2, 0.25) is 0 Å². The third-order valence-corrected chi connectivity index (χ3v) is 6.72. The second kappa shape index (κ2) is 7.95. The normalized spacial score (nSPS) is 22.9. The minimum atomic E-state index is -1.49. The molecule has 2 aromatic heterocycles. The summed E-state index contributed by atoms with van der Waals surface area (Å²) in [6.07, 6.45) is 2.43. The monoisotopic (exact) mass is 450 g/mol. The molecule has 2 saturated heterocycles. The molecule has 3 N–H and O–H groups in total. The third kappa shape index (κ3) is 3.71. The van der Waals surface area contributed by atoms with E-state index < -0.39 is 5.60 Å². The molecule has 2 atom stereocenters. The molecule has 2 aliphatic rings. The van der Waals surface area contributed by atoms with Gasteiger partial charge in [-0.05, 0) is 17.7 Å². The number of rotatable bonds is 5. The number of carbonyl (C=O) groups is 2. The van der Waals surface area contributed by atoms with E-state index in [1.807, 2.05) is 23.6 Å². The van der Waals surface area contributed by atoms with Gasteiger partial charge in [-0.3, -0.25) is 9.59 Å². The van der Waals surface area contributed by atoms with Crippen LogP contribution in [0.4, 0.5) is 5.95 Å². The molecule has 2 fully saturated rings. The second-order valence-electron chi connectivity index (χ2n) is 8.07. The molecule has 0 saturated carbocycles. The summed E-state index contributed by atoms with van der Waals surface area (Å²) in [5, 5.41) is 19.6. The van der Waals surface area contributed by atoms with Crippen molar-refractivity contribution in [2.75, 3.05) is 25.5 Å². The lowest BCUT2D eigenvalue weighted by molar-refractivity contribution is -0.143. The molecule has 0 radical (unpaired) electrons. The molecule has 4 heterocycles. The largest absolute Gasteiger partial charge is 0.375 e. The maximum absolute atomic E-state index is 12.5. The van der Waals surface area contributed by atoms with Gasteiger partial charge in [-0.1, -0.05) is 18.2 Å². The molecule has 10 heteroatoms. The fourth-order valence-electron chi connectivity index (χ4n) is 4.02. The average molecular weight is 451 g/mol. The van der Waals surface area contributed by atoms with E-state index >= 15 is 0 Å². The van der Waals surface area contributed by atoms with E-state index in [0.29, 0.717) is 48.8 Å². The number of aliphatic hydroxyl groups is 1. The highest BCUT2D eigenvalue weighted by Gasteiger charge is 2.45. The summed E-state index contributed by atoms with van der Waals surface area (Å²) in [5.74, 6) is 0.182. The molecule has 0 bridgehead atoms. The molecule has 2 aliphatic heterocycles. The van der Waals surface area contributed by atoms with Gasteiger partial charge in [0.05, 0.1) is 11.7 Å². The van der Waals surface area contributed by atoms with Crippen LogP contribution in [0.3, 0.4) is 0 Å². The average Bonchev–Trinajstić information content (AvgIpc) is 3.52. The Morgan fingerprint density at radius 1 is 1.25 bits per heavy atom. The number of nitrogens with zero attached hydrogens (tertiary/aromatic N) is 4. The number of likely N-dealkylation sites (tertiary alicyclic amines) is 1. The molecule has 5 rings (SSSR count). The molecule has 0 spiro atoms. The van der Waals surface area contributed by atoms with Crippen LogP contribution in [-0.4, -0.2) is 63.0 Å². The Morgan fingerprint density at radius 3 is 2.88 bits per heavy atom. The molecular weight excluding hydrogens is 428 g/mol. The number of amides is 2. The maximum Gasteiger partial charge on any atom is 0.258 e. The number of benzene rings is 1. The molecule has 0 aliphatic carbocycles. The van der Waals surface area contributed by atoms with Crippen molar-refractivity contribution >= 4 is 29.1 Å². The number of nitrogens with one attached hydrogen (secondary N) is 2. The quantitative estimate of drug-likeness (QED) is 0.540. The van der Waals surface area contributed by atoms with Crippen LogP contribution in [-0.2, 0) is 15.2 Å². The van der Waals surface area contributed by atoms with E-state index in [4.69, 9.17) is 4.98 Å². The highest BCUT2D eigenvalue weighted by Crippen LogP contribution is 2.36. The smallest absolute Gasteiger partial charge is 0.258 e. The minimum absolute atomic E-state index is 0.0145. The van der Waals surface area contributed by atoms with Crippen molar-refractivity contribution in [3.63, 3.8) is 0 Å². The van der Waals surface area contributed by atoms with E-state index in [9.17, 15) is 14.7 Å². The zero-order chi connectivity index (χ0) is 22.3. The van der Waals surface area contributed by atoms with E-state index in [1.165, 1.54) is 11.3 Å². The van der Waals surface area contributed by atoms with Crippen LogP contribution >= 0.6 is 11.3 Å². The van der Waals surface area contributed by atoms with Crippen molar-refractivity contribution in [3.8, 4) is 22.0 Å². The van der Waals surface area contributed by atoms with E-state index in [1.54, 1.807) is 30.3 Å². The van der Waals surface area contributed by atoms with Gasteiger partial charge in [0.25, 0.3) is 5.91 Å². The Kier molecular flexibility index (Phi) is 5.10. The van der Waals surface area contributed by atoms with Crippen LogP contribution in [0.1, 0.15) is 18.4 Å². The van der Waals surface area contributed by atoms with Crippen LogP contribution in [0.5, 0.6) is 0 Å². The first-order valence-electron chi connectivity index (χ1n) is 10.3. The van der Waals surface area contributed by atoms with Crippen LogP contribution in [0, 0.1) is 0 Å². The Labute approximate surface area is 188 Å². The predicted molar refractivity (Wildman–Crippen MR) is 120 cm³/mol. The van der Waals surface area contributed by atoms with Crippen molar-refractivity contribution < 1.29 is 14.7 Å². The van der Waals surface area contributed by atoms with Gasteiger partial charge in [-0.2, -0.15) is 0 Å². The molecule has 1 aromatic carbocycles. The lowest BCUT2D eigenvalue weighted by atomic mass is 9.91. The predicted octanol–water partition coefficient (Wildman–Crippen LogP) is 1.62. The summed E-state index contributed by atoms with van der Waals surface area (Å²) < 4.78 is 0. The van der Waals surface area contributed by atoms with E-state index in [0.717, 1.165) is 10.6 Å². The molecular formula is C22H22N6O3S. The lowest BCUT2D eigenvalue weighted by Gasteiger charge is -2.21. The van der Waals surface area contributed by atoms with Crippen molar-refractivity contribution in [2.24, 2.45) is 0 Å². The van der Waals surface area contributed by atoms with Crippen LogP contribution < -0.4 is 10.6 Å². The molecule has 3 aromatic rings. The Morgan fingerprint density at radius 2 is 2.12 bits per heavy atom. The van der Waals surface area contributed by atoms with Gasteiger partial charge in [-0.15, -0.1) is 11.3 Å². The molecule has 2 amide bonds. The molecule has 0 unspecified atom stereocenters. The summed E-state index contributed by atoms with van der Waals surface area (Å²) >= 11 is 1.46. The zero-order valence-electron chi connectivity index (χ0n) is 17.4. The van der Waals surface area contributed by atoms with Gasteiger partial charge in [0.15, 0.2) is 5.60 Å². The lowest BCUT2D eigenvalue weighted by Crippen LogP contribution is -2.36. The first-order chi connectivity index (χ1) is 15.4. The number of hydrogen-bond donors (Lipinski definition) is 3. The van der Waals surface area contributed by atoms with Crippen LogP contribution in [0.25, 0.3) is 22.0 Å². The van der Waals surface area contributed by atoms with Gasteiger partial charge >= 0.3 is 0 Å². The van der Waals surface area contributed by atoms with E-state index in [2.05, 4.69) is 20.6 Å². The van der Waals surface area contributed by atoms with Gasteiger partial charge in [0.2, 0.25) is 11.9 Å². The van der Waals surface area contributed by atoms with Gasteiger partial charge in [0.1, 0.15) is 10.7 Å². The Bertz CT molecular complexity index is 1200. The van der Waals surface area contributed by atoms with Crippen molar-refractivity contribution in [1.82, 2.24) is 25.2 Å². The number of likely N-dealkylation sites (N-methyl/N-ethyl adjacent to an activating group) is 1. The van der Waals surface area contributed by atoms with Crippen molar-refractivity contribution in [2.45, 2.75) is 24.5 Å². The number of anilines is 1. The minimum Gasteiger partial charge on any atom is -0.375 e. The molecule has 32 heavy (non-hydrogen) atoms. The summed E-state index contributed by atoms with van der Waals surface area (Å²) in [6, 6.07) is 9.11. The first kappa shape index (κ1) is 20.5. The Balaban J connectivity index is 1.38. The highest BCUT2D eigenvalue weighted by molar-refractivity contribution is 7.13. The van der Waals surface area contributed by atoms with Crippen LogP contribution in [0.15, 0.2) is 41.9 Å².